The van der Waals surface area contributed by atoms with Crippen LogP contribution in [0.15, 0.2) is 76.8 Å². The number of hydrogen-bond donors (Lipinski definition) is 3. The van der Waals surface area contributed by atoms with Crippen LogP contribution in [-0.4, -0.2) is 94.3 Å². The van der Waals surface area contributed by atoms with Gasteiger partial charge in [0.2, 0.25) is 6.10 Å². The van der Waals surface area contributed by atoms with Gasteiger partial charge in [-0.2, -0.15) is 0 Å². The molecule has 1 saturated heterocycles. The van der Waals surface area contributed by atoms with Crippen molar-refractivity contribution in [2.45, 2.75) is 75.9 Å². The third-order valence-electron chi connectivity index (χ3n) is 9.85. The molecule has 6 rings (SSSR count). The number of aliphatic hydroxyl groups is 1. The van der Waals surface area contributed by atoms with Crippen LogP contribution in [0.4, 0.5) is 4.39 Å². The second-order valence-electron chi connectivity index (χ2n) is 13.5. The summed E-state index contributed by atoms with van der Waals surface area (Å²) in [5.74, 6) is -2.59. The minimum atomic E-state index is -2.24. The number of carbonyl (C=O) groups excluding carboxylic acids is 3. The predicted octanol–water partition coefficient (Wildman–Crippen LogP) is 4.41. The van der Waals surface area contributed by atoms with E-state index in [2.05, 4.69) is 21.2 Å². The number of carboxylic acids is 1. The monoisotopic (exact) mass is 777 g/mol. The lowest BCUT2D eigenvalue weighted by molar-refractivity contribution is -0.170. The number of carbonyl (C=O) groups is 4. The molecule has 52 heavy (non-hydrogen) atoms. The fourth-order valence-electron chi connectivity index (χ4n) is 6.98. The fraction of sp³-hybridized carbons (Fsp3) is 0.385. The number of nitrogens with one attached hydrogen (secondary N) is 1. The van der Waals surface area contributed by atoms with E-state index in [4.69, 9.17) is 9.47 Å². The van der Waals surface area contributed by atoms with Crippen LogP contribution in [0.25, 0.3) is 5.57 Å². The SMILES string of the molecule is Cc1ccccc1CN(C(=O)C1=C(c2ccc(CCCOc3cc(F)ccc3Br)cc2)C[C@@H]2CN(C(=O)[C@@H](OC=O)[C@H](O)C(=O)O)C[C@H]1N2)C1CC1. The van der Waals surface area contributed by atoms with Gasteiger partial charge in [-0.05, 0) is 94.9 Å². The molecule has 3 aromatic carbocycles. The Morgan fingerprint density at radius 2 is 1.85 bits per heavy atom. The van der Waals surface area contributed by atoms with E-state index in [9.17, 15) is 33.8 Å². The lowest BCUT2D eigenvalue weighted by atomic mass is 9.82. The minimum Gasteiger partial charge on any atom is -0.492 e. The summed E-state index contributed by atoms with van der Waals surface area (Å²) in [5, 5.41) is 23.1. The standard InChI is InChI=1S/C39H41BrFN3O8/c1-23-5-2-3-7-26(23)19-44(29-13-14-29)37(47)34-30(18-28-20-43(21-32(34)42-28)38(48)36(52-22-45)35(46)39(49)50)25-10-8-24(9-11-25)6-4-16-51-33-17-27(41)12-15-31(33)40/h2-3,5,7-12,15,17,22,28-29,32,35-36,42,46H,4,6,13-14,16,18-21H2,1H3,(H,49,50)/t28-,32-,35+,36+/m1/s1. The lowest BCUT2D eigenvalue weighted by Crippen LogP contribution is -2.64. The maximum atomic E-state index is 14.8. The van der Waals surface area contributed by atoms with E-state index in [0.717, 1.165) is 47.1 Å². The van der Waals surface area contributed by atoms with Crippen molar-refractivity contribution in [3.05, 3.63) is 105 Å². The van der Waals surface area contributed by atoms with Crippen molar-refractivity contribution in [2.75, 3.05) is 19.7 Å². The lowest BCUT2D eigenvalue weighted by Gasteiger charge is -2.45. The zero-order valence-electron chi connectivity index (χ0n) is 28.7. The quantitative estimate of drug-likeness (QED) is 0.151. The number of benzene rings is 3. The summed E-state index contributed by atoms with van der Waals surface area (Å²) in [6.45, 7) is 2.96. The van der Waals surface area contributed by atoms with Gasteiger partial charge < -0.3 is 34.8 Å². The molecule has 274 valence electrons. The van der Waals surface area contributed by atoms with Gasteiger partial charge in [-0.25, -0.2) is 9.18 Å². The minimum absolute atomic E-state index is 0.00729. The van der Waals surface area contributed by atoms with E-state index in [1.165, 1.54) is 17.0 Å². The van der Waals surface area contributed by atoms with Crippen LogP contribution in [0.1, 0.15) is 47.9 Å². The van der Waals surface area contributed by atoms with Crippen molar-refractivity contribution < 1.29 is 43.3 Å². The molecule has 0 aromatic heterocycles. The highest BCUT2D eigenvalue weighted by molar-refractivity contribution is 9.10. The first-order valence-corrected chi connectivity index (χ1v) is 18.1. The largest absolute Gasteiger partial charge is 0.492 e. The van der Waals surface area contributed by atoms with Gasteiger partial charge in [-0.1, -0.05) is 48.5 Å². The van der Waals surface area contributed by atoms with Gasteiger partial charge in [-0.15, -0.1) is 0 Å². The first-order valence-electron chi connectivity index (χ1n) is 17.3. The Kier molecular flexibility index (Phi) is 11.7. The molecule has 2 amide bonds. The van der Waals surface area contributed by atoms with E-state index in [-0.39, 0.29) is 43.4 Å². The molecule has 0 spiro atoms. The summed E-state index contributed by atoms with van der Waals surface area (Å²) in [6.07, 6.45) is -0.565. The number of hydrogen-bond acceptors (Lipinski definition) is 8. The Morgan fingerprint density at radius 1 is 1.10 bits per heavy atom. The number of piperazine rings is 1. The van der Waals surface area contributed by atoms with Gasteiger partial charge in [0.25, 0.3) is 18.3 Å². The first-order chi connectivity index (χ1) is 25.0. The summed E-state index contributed by atoms with van der Waals surface area (Å²) in [7, 11) is 0. The molecule has 11 nitrogen and oxygen atoms in total. The van der Waals surface area contributed by atoms with Crippen LogP contribution in [-0.2, 0) is 36.9 Å². The Balaban J connectivity index is 1.27. The second-order valence-corrected chi connectivity index (χ2v) is 14.4. The number of halogens is 2. The second kappa shape index (κ2) is 16.4. The van der Waals surface area contributed by atoms with Crippen LogP contribution in [0, 0.1) is 12.7 Å². The molecule has 0 unspecified atom stereocenters. The topological polar surface area (TPSA) is 146 Å². The van der Waals surface area contributed by atoms with Gasteiger partial charge in [0, 0.05) is 43.4 Å². The highest BCUT2D eigenvalue weighted by Crippen LogP contribution is 2.38. The molecule has 3 N–H and O–H groups in total. The highest BCUT2D eigenvalue weighted by Gasteiger charge is 2.46. The molecule has 1 saturated carbocycles. The van der Waals surface area contributed by atoms with Crippen molar-refractivity contribution >= 4 is 45.8 Å². The van der Waals surface area contributed by atoms with Gasteiger partial charge >= 0.3 is 5.97 Å². The van der Waals surface area contributed by atoms with Gasteiger partial charge in [0.15, 0.2) is 6.10 Å². The van der Waals surface area contributed by atoms with Crippen molar-refractivity contribution in [2.24, 2.45) is 0 Å². The van der Waals surface area contributed by atoms with Crippen LogP contribution in [0.3, 0.4) is 0 Å². The zero-order valence-corrected chi connectivity index (χ0v) is 30.3. The number of aliphatic hydroxyl groups excluding tert-OH is 1. The summed E-state index contributed by atoms with van der Waals surface area (Å²) >= 11 is 3.38. The molecular weight excluding hydrogens is 737 g/mol. The number of rotatable bonds is 15. The molecule has 4 atom stereocenters. The van der Waals surface area contributed by atoms with E-state index in [0.29, 0.717) is 41.8 Å². The molecule has 2 heterocycles. The number of carboxylic acid groups (broad SMARTS) is 1. The van der Waals surface area contributed by atoms with Gasteiger partial charge in [-0.3, -0.25) is 14.4 Å². The van der Waals surface area contributed by atoms with Gasteiger partial charge in [0.05, 0.1) is 17.1 Å². The average Bonchev–Trinajstić information content (AvgIpc) is 3.98. The Hall–Kier alpha value is -4.59. The molecule has 2 fully saturated rings. The molecule has 1 aliphatic carbocycles. The van der Waals surface area contributed by atoms with Crippen LogP contribution in [0.5, 0.6) is 5.75 Å². The van der Waals surface area contributed by atoms with Crippen LogP contribution in [0.2, 0.25) is 0 Å². The predicted molar refractivity (Wildman–Crippen MR) is 193 cm³/mol. The summed E-state index contributed by atoms with van der Waals surface area (Å²) < 4.78 is 24.9. The third kappa shape index (κ3) is 8.54. The number of ether oxygens (including phenoxy) is 2. The average molecular weight is 779 g/mol. The van der Waals surface area contributed by atoms with Crippen LogP contribution >= 0.6 is 15.9 Å². The third-order valence-corrected chi connectivity index (χ3v) is 10.5. The molecular formula is C39H41BrFN3O8. The highest BCUT2D eigenvalue weighted by atomic mass is 79.9. The van der Waals surface area contributed by atoms with E-state index in [1.54, 1.807) is 6.07 Å². The Labute approximate surface area is 309 Å². The molecule has 2 aliphatic heterocycles. The molecule has 0 radical (unpaired) electrons. The van der Waals surface area contributed by atoms with E-state index < -0.39 is 30.1 Å². The fourth-order valence-corrected chi connectivity index (χ4v) is 7.34. The molecule has 2 bridgehead atoms. The van der Waals surface area contributed by atoms with E-state index in [1.807, 2.05) is 60.4 Å². The normalized spacial score (nSPS) is 19.4. The van der Waals surface area contributed by atoms with Crippen molar-refractivity contribution in [1.29, 1.82) is 0 Å². The number of aliphatic carboxylic acids is 1. The zero-order chi connectivity index (χ0) is 36.9. The summed E-state index contributed by atoms with van der Waals surface area (Å²) in [4.78, 5) is 54.3. The van der Waals surface area contributed by atoms with Gasteiger partial charge in [0.1, 0.15) is 11.6 Å². The molecule has 3 aliphatic rings. The smallest absolute Gasteiger partial charge is 0.337 e. The number of fused-ring (bicyclic) bond motifs is 2. The van der Waals surface area contributed by atoms with Crippen LogP contribution < -0.4 is 10.1 Å². The number of amides is 2. The Morgan fingerprint density at radius 3 is 2.54 bits per heavy atom. The Bertz CT molecular complexity index is 1850. The van der Waals surface area contributed by atoms with Crippen molar-refractivity contribution in [3.63, 3.8) is 0 Å². The number of nitrogens with zero attached hydrogens (tertiary/aromatic N) is 2. The maximum Gasteiger partial charge on any atom is 0.337 e. The molecule has 3 aromatic rings. The molecule has 13 heteroatoms. The van der Waals surface area contributed by atoms with Crippen molar-refractivity contribution in [3.8, 4) is 5.75 Å². The summed E-state index contributed by atoms with van der Waals surface area (Å²) in [5.41, 5.74) is 5.48. The summed E-state index contributed by atoms with van der Waals surface area (Å²) in [6, 6.07) is 19.5. The maximum absolute atomic E-state index is 14.8. The van der Waals surface area contributed by atoms with Crippen molar-refractivity contribution in [1.82, 2.24) is 15.1 Å². The first kappa shape index (κ1) is 37.2. The number of aryl methyl sites for hydroxylation is 2. The van der Waals surface area contributed by atoms with E-state index >= 15 is 0 Å².